The van der Waals surface area contributed by atoms with Crippen LogP contribution in [0.25, 0.3) is 0 Å². The van der Waals surface area contributed by atoms with Crippen molar-refractivity contribution in [2.24, 2.45) is 0 Å². The Labute approximate surface area is 111 Å². The summed E-state index contributed by atoms with van der Waals surface area (Å²) in [5, 5.41) is 10.8. The van der Waals surface area contributed by atoms with E-state index in [1.165, 1.54) is 31.2 Å². The highest BCUT2D eigenvalue weighted by molar-refractivity contribution is 5.31. The van der Waals surface area contributed by atoms with Crippen molar-refractivity contribution < 1.29 is 9.31 Å². The predicted octanol–water partition coefficient (Wildman–Crippen LogP) is 0.941. The second-order valence-corrected chi connectivity index (χ2v) is 4.18. The van der Waals surface area contributed by atoms with Crippen molar-refractivity contribution in [1.29, 1.82) is 0 Å². The summed E-state index contributed by atoms with van der Waals surface area (Å²) in [6, 6.07) is 5.15. The van der Waals surface area contributed by atoms with E-state index in [9.17, 15) is 24.1 Å². The zero-order valence-corrected chi connectivity index (χ0v) is 10.4. The first-order chi connectivity index (χ1) is 9.40. The summed E-state index contributed by atoms with van der Waals surface area (Å²) in [5.41, 5.74) is -2.02. The molecular weight excluding hydrogens is 269 g/mol. The molecule has 1 aromatic carbocycles. The zero-order chi connectivity index (χ0) is 14.9. The molecule has 8 heteroatoms. The topological polar surface area (TPSA) is 98.0 Å². The number of rotatable bonds is 3. The van der Waals surface area contributed by atoms with E-state index in [-0.39, 0.29) is 12.2 Å². The molecular formula is C12H10FN3O4. The van der Waals surface area contributed by atoms with E-state index in [1.54, 1.807) is 0 Å². The molecule has 0 aliphatic carbocycles. The molecule has 0 spiro atoms. The van der Waals surface area contributed by atoms with Crippen LogP contribution >= 0.6 is 0 Å². The van der Waals surface area contributed by atoms with Crippen molar-refractivity contribution in [3.8, 4) is 0 Å². The van der Waals surface area contributed by atoms with Crippen LogP contribution in [0.3, 0.4) is 0 Å². The van der Waals surface area contributed by atoms with E-state index < -0.39 is 27.7 Å². The van der Waals surface area contributed by atoms with Crippen LogP contribution in [-0.4, -0.2) is 14.5 Å². The van der Waals surface area contributed by atoms with Crippen molar-refractivity contribution in [1.82, 2.24) is 9.55 Å². The largest absolute Gasteiger partial charge is 0.353 e. The van der Waals surface area contributed by atoms with Crippen molar-refractivity contribution in [3.63, 3.8) is 0 Å². The summed E-state index contributed by atoms with van der Waals surface area (Å²) >= 11 is 0. The number of nitrogens with one attached hydrogen (secondary N) is 1. The van der Waals surface area contributed by atoms with E-state index >= 15 is 0 Å². The maximum absolute atomic E-state index is 12.8. The fourth-order valence-electron chi connectivity index (χ4n) is 1.80. The summed E-state index contributed by atoms with van der Waals surface area (Å²) in [4.78, 5) is 35.9. The number of aromatic amines is 1. The van der Waals surface area contributed by atoms with Gasteiger partial charge in [-0.3, -0.25) is 14.9 Å². The van der Waals surface area contributed by atoms with Crippen LogP contribution in [0.2, 0.25) is 0 Å². The number of nitrogens with zero attached hydrogens (tertiary/aromatic N) is 2. The Morgan fingerprint density at radius 1 is 1.30 bits per heavy atom. The minimum Gasteiger partial charge on any atom is -0.305 e. The number of H-pyrrole nitrogens is 1. The summed E-state index contributed by atoms with van der Waals surface area (Å²) < 4.78 is 13.5. The molecule has 0 unspecified atom stereocenters. The highest BCUT2D eigenvalue weighted by Gasteiger charge is 2.21. The van der Waals surface area contributed by atoms with E-state index in [2.05, 4.69) is 4.98 Å². The van der Waals surface area contributed by atoms with Gasteiger partial charge in [0.25, 0.3) is 0 Å². The normalized spacial score (nSPS) is 10.5. The van der Waals surface area contributed by atoms with Crippen molar-refractivity contribution >= 4 is 5.69 Å². The Morgan fingerprint density at radius 3 is 2.45 bits per heavy atom. The zero-order valence-electron chi connectivity index (χ0n) is 10.4. The number of hydrogen-bond donors (Lipinski definition) is 1. The van der Waals surface area contributed by atoms with Crippen LogP contribution in [0, 0.1) is 22.9 Å². The third kappa shape index (κ3) is 2.48. The quantitative estimate of drug-likeness (QED) is 0.667. The molecule has 0 saturated carbocycles. The van der Waals surface area contributed by atoms with E-state index in [0.29, 0.717) is 10.1 Å². The maximum Gasteiger partial charge on any atom is 0.353 e. The Bertz CT molecular complexity index is 777. The van der Waals surface area contributed by atoms with E-state index in [4.69, 9.17) is 0 Å². The average molecular weight is 279 g/mol. The Hall–Kier alpha value is -2.77. The van der Waals surface area contributed by atoms with E-state index in [1.807, 2.05) is 0 Å². The van der Waals surface area contributed by atoms with Gasteiger partial charge in [-0.2, -0.15) is 0 Å². The highest BCUT2D eigenvalue weighted by Crippen LogP contribution is 2.07. The van der Waals surface area contributed by atoms with Crippen LogP contribution in [0.4, 0.5) is 10.1 Å². The number of aromatic nitrogens is 2. The number of benzene rings is 1. The molecule has 0 amide bonds. The first-order valence-corrected chi connectivity index (χ1v) is 5.62. The molecule has 0 bridgehead atoms. The molecule has 2 aromatic rings. The average Bonchev–Trinajstić information content (AvgIpc) is 2.36. The second-order valence-electron chi connectivity index (χ2n) is 4.18. The molecule has 0 saturated heterocycles. The second kappa shape index (κ2) is 5.08. The first kappa shape index (κ1) is 13.7. The lowest BCUT2D eigenvalue weighted by Crippen LogP contribution is -2.37. The summed E-state index contributed by atoms with van der Waals surface area (Å²) in [6.45, 7) is 1.11. The molecule has 0 atom stereocenters. The lowest BCUT2D eigenvalue weighted by atomic mass is 10.2. The lowest BCUT2D eigenvalue weighted by Gasteiger charge is -2.05. The molecule has 104 valence electrons. The molecule has 2 rings (SSSR count). The first-order valence-electron chi connectivity index (χ1n) is 5.62. The van der Waals surface area contributed by atoms with E-state index in [0.717, 1.165) is 0 Å². The maximum atomic E-state index is 12.8. The summed E-state index contributed by atoms with van der Waals surface area (Å²) in [5.74, 6) is -0.454. The highest BCUT2D eigenvalue weighted by atomic mass is 19.1. The fraction of sp³-hybridized carbons (Fsp3) is 0.167. The van der Waals surface area contributed by atoms with Crippen LogP contribution in [0.1, 0.15) is 11.3 Å². The van der Waals surface area contributed by atoms with Gasteiger partial charge in [-0.25, -0.2) is 13.8 Å². The van der Waals surface area contributed by atoms with Crippen LogP contribution in [0.5, 0.6) is 0 Å². The van der Waals surface area contributed by atoms with Crippen LogP contribution < -0.4 is 11.2 Å². The van der Waals surface area contributed by atoms with Gasteiger partial charge in [0.15, 0.2) is 0 Å². The Balaban J connectivity index is 2.55. The molecule has 0 radical (unpaired) electrons. The lowest BCUT2D eigenvalue weighted by molar-refractivity contribution is -0.387. The molecule has 1 aromatic heterocycles. The van der Waals surface area contributed by atoms with Gasteiger partial charge >= 0.3 is 16.9 Å². The third-order valence-electron chi connectivity index (χ3n) is 2.78. The summed E-state index contributed by atoms with van der Waals surface area (Å²) in [7, 11) is 0. The molecule has 1 N–H and O–H groups in total. The van der Waals surface area contributed by atoms with Gasteiger partial charge in [0.2, 0.25) is 0 Å². The molecule has 0 aliphatic heterocycles. The van der Waals surface area contributed by atoms with Gasteiger partial charge in [0.1, 0.15) is 11.5 Å². The SMILES string of the molecule is Cc1[nH]c(=O)n(Cc2ccc(F)cc2)c(=O)c1[N+](=O)[O-]. The van der Waals surface area contributed by atoms with Crippen molar-refractivity contribution in [2.45, 2.75) is 13.5 Å². The van der Waals surface area contributed by atoms with Gasteiger partial charge in [-0.15, -0.1) is 0 Å². The number of nitro groups is 1. The van der Waals surface area contributed by atoms with Crippen LogP contribution in [-0.2, 0) is 6.54 Å². The number of aryl methyl sites for hydroxylation is 1. The standard InChI is InChI=1S/C12H10FN3O4/c1-7-10(16(19)20)11(17)15(12(18)14-7)6-8-2-4-9(13)5-3-8/h2-5H,6H2,1H3,(H,14,18). The minimum atomic E-state index is -0.986. The van der Waals surface area contributed by atoms with Gasteiger partial charge in [0, 0.05) is 0 Å². The van der Waals surface area contributed by atoms with Gasteiger partial charge < -0.3 is 4.98 Å². The monoisotopic (exact) mass is 279 g/mol. The van der Waals surface area contributed by atoms with Crippen molar-refractivity contribution in [3.05, 3.63) is 72.3 Å². The molecule has 0 aliphatic rings. The molecule has 7 nitrogen and oxygen atoms in total. The van der Waals surface area contributed by atoms with Crippen molar-refractivity contribution in [2.75, 3.05) is 0 Å². The van der Waals surface area contributed by atoms with Crippen LogP contribution in [0.15, 0.2) is 33.9 Å². The number of halogens is 1. The Morgan fingerprint density at radius 2 is 1.90 bits per heavy atom. The Kier molecular flexibility index (Phi) is 3.47. The summed E-state index contributed by atoms with van der Waals surface area (Å²) in [6.07, 6.45) is 0. The smallest absolute Gasteiger partial charge is 0.305 e. The van der Waals surface area contributed by atoms with Gasteiger partial charge in [-0.1, -0.05) is 12.1 Å². The molecule has 20 heavy (non-hydrogen) atoms. The third-order valence-corrected chi connectivity index (χ3v) is 2.78. The molecule has 0 fully saturated rings. The molecule has 1 heterocycles. The predicted molar refractivity (Wildman–Crippen MR) is 68.2 cm³/mol. The van der Waals surface area contributed by atoms with Gasteiger partial charge in [-0.05, 0) is 24.6 Å². The number of hydrogen-bond acceptors (Lipinski definition) is 4. The fourth-order valence-corrected chi connectivity index (χ4v) is 1.80. The van der Waals surface area contributed by atoms with Gasteiger partial charge in [0.05, 0.1) is 11.5 Å². The minimum absolute atomic E-state index is 0.0969.